The Morgan fingerprint density at radius 2 is 1.31 bits per heavy atom. The molecule has 1 unspecified atom stereocenters. The Morgan fingerprint density at radius 3 is 1.91 bits per heavy atom. The molecule has 0 spiro atoms. The number of amides is 2. The van der Waals surface area contributed by atoms with Gasteiger partial charge in [0, 0.05) is 153 Å². The number of hydrogen-bond donors (Lipinski definition) is 3. The van der Waals surface area contributed by atoms with E-state index in [0.717, 1.165) is 82.0 Å². The third kappa shape index (κ3) is 25.1. The first kappa shape index (κ1) is 65.7. The minimum Gasteiger partial charge on any atom is -0.549 e. The van der Waals surface area contributed by atoms with Gasteiger partial charge in [-0.05, 0) is 107 Å². The zero-order valence-electron chi connectivity index (χ0n) is 45.2. The maximum Gasteiger partial charge on any atom is 3.00 e. The number of Topliss-reactive ketones (excluding diaryl/α,β-unsaturated/α-hetero) is 2. The Morgan fingerprint density at radius 1 is 0.718 bits per heavy atom. The summed E-state index contributed by atoms with van der Waals surface area (Å²) in [5, 5.41) is 50.4. The molecule has 5 rings (SSSR count). The summed E-state index contributed by atoms with van der Waals surface area (Å²) in [6.45, 7) is 5.76. The maximum absolute atomic E-state index is 13.7. The predicted octanol–water partition coefficient (Wildman–Crippen LogP) is -0.555. The van der Waals surface area contributed by atoms with Crippen LogP contribution < -0.4 is 26.0 Å². The largest absolute Gasteiger partial charge is 3.00 e. The van der Waals surface area contributed by atoms with Gasteiger partial charge in [-0.15, -0.1) is 0 Å². The van der Waals surface area contributed by atoms with Gasteiger partial charge in [0.15, 0.2) is 0 Å². The van der Waals surface area contributed by atoms with Crippen molar-refractivity contribution in [1.29, 1.82) is 0 Å². The van der Waals surface area contributed by atoms with Gasteiger partial charge in [-0.25, -0.2) is 0 Å². The summed E-state index contributed by atoms with van der Waals surface area (Å²) >= 11 is 0. The van der Waals surface area contributed by atoms with E-state index in [1.807, 2.05) is 40.1 Å². The maximum atomic E-state index is 13.7. The van der Waals surface area contributed by atoms with Crippen molar-refractivity contribution in [3.05, 3.63) is 65.0 Å². The van der Waals surface area contributed by atoms with Crippen molar-refractivity contribution in [1.82, 2.24) is 40.1 Å². The van der Waals surface area contributed by atoms with Crippen LogP contribution in [-0.2, 0) is 44.8 Å². The second-order valence-corrected chi connectivity index (χ2v) is 21.0. The smallest absolute Gasteiger partial charge is 0.549 e. The summed E-state index contributed by atoms with van der Waals surface area (Å²) in [5.41, 5.74) is 3.22. The molecule has 3 atom stereocenters. The van der Waals surface area contributed by atoms with Gasteiger partial charge in [-0.1, -0.05) is 36.8 Å². The van der Waals surface area contributed by atoms with Crippen molar-refractivity contribution in [3.63, 3.8) is 0 Å². The number of aromatic nitrogens is 1. The number of ketones is 2. The molecule has 3 N–H and O–H groups in total. The van der Waals surface area contributed by atoms with E-state index in [2.05, 4.69) is 27.5 Å². The SMILES string of the molecule is CC(C(=O)CCC(=O)NCCCCCCc1ccc(C#Cc2cncc([C@H](CC(=O)O)CC(=O)[C@@H]3CCCN(C(=O)CCC4CCNCC4)C3)c2)cc1)N1CCN(CC(=O)[O-])CCN(CC(=O)[O-])CCN(CC(=O)[O-])CC1.[Gd+3]. The summed E-state index contributed by atoms with van der Waals surface area (Å²) in [6.07, 6.45) is 12.5. The minimum absolute atomic E-state index is 0. The van der Waals surface area contributed by atoms with E-state index >= 15 is 0 Å². The van der Waals surface area contributed by atoms with E-state index in [1.165, 1.54) is 0 Å². The quantitative estimate of drug-likeness (QED) is 0.0747. The van der Waals surface area contributed by atoms with Gasteiger partial charge < -0.3 is 50.3 Å². The number of carbonyl (C=O) groups excluding carboxylic acids is 7. The first-order chi connectivity index (χ1) is 37.0. The van der Waals surface area contributed by atoms with E-state index in [0.29, 0.717) is 49.5 Å². The molecule has 3 aliphatic rings. The number of benzene rings is 1. The van der Waals surface area contributed by atoms with Crippen LogP contribution in [0.25, 0.3) is 0 Å². The molecule has 2 aromatic rings. The Labute approximate surface area is 491 Å². The van der Waals surface area contributed by atoms with Crippen LogP contribution in [0.3, 0.4) is 0 Å². The number of aliphatic carboxylic acids is 4. The van der Waals surface area contributed by atoms with Gasteiger partial charge in [0.25, 0.3) is 0 Å². The van der Waals surface area contributed by atoms with E-state index in [9.17, 15) is 58.8 Å². The molecule has 0 bridgehead atoms. The first-order valence-electron chi connectivity index (χ1n) is 27.6. The van der Waals surface area contributed by atoms with Crippen LogP contribution in [0, 0.1) is 63.6 Å². The first-order valence-corrected chi connectivity index (χ1v) is 27.6. The molecule has 427 valence electrons. The average molecular weight is 1230 g/mol. The second kappa shape index (κ2) is 35.8. The average Bonchev–Trinajstić information content (AvgIpc) is 3.41. The van der Waals surface area contributed by atoms with Gasteiger partial charge >= 0.3 is 45.9 Å². The summed E-state index contributed by atoms with van der Waals surface area (Å²) in [6, 6.07) is 9.16. The number of carboxylic acids is 4. The number of unbranched alkanes of at least 4 members (excludes halogenated alkanes) is 3. The van der Waals surface area contributed by atoms with Crippen LogP contribution in [0.4, 0.5) is 0 Å². The van der Waals surface area contributed by atoms with Gasteiger partial charge in [-0.2, -0.15) is 0 Å². The molecular formula is C57H79GdN8O12. The fourth-order valence-corrected chi connectivity index (χ4v) is 10.4. The fourth-order valence-electron chi connectivity index (χ4n) is 10.4. The summed E-state index contributed by atoms with van der Waals surface area (Å²) in [7, 11) is 0. The van der Waals surface area contributed by atoms with E-state index < -0.39 is 55.5 Å². The molecule has 20 nitrogen and oxygen atoms in total. The molecule has 0 saturated carbocycles. The zero-order valence-corrected chi connectivity index (χ0v) is 47.5. The molecule has 3 fully saturated rings. The Balaban J connectivity index is 0.0000131. The number of likely N-dealkylation sites (tertiary alicyclic amines) is 1. The second-order valence-electron chi connectivity index (χ2n) is 21.0. The topological polar surface area (TPSA) is 279 Å². The molecule has 2 amide bonds. The molecule has 3 saturated heterocycles. The van der Waals surface area contributed by atoms with Gasteiger partial charge in [0.05, 0.1) is 30.4 Å². The number of nitrogens with one attached hydrogen (secondary N) is 2. The number of rotatable bonds is 27. The number of hydrogen-bond acceptors (Lipinski definition) is 17. The third-order valence-corrected chi connectivity index (χ3v) is 15.1. The van der Waals surface area contributed by atoms with Crippen LogP contribution in [-0.4, -0.2) is 193 Å². The third-order valence-electron chi connectivity index (χ3n) is 15.1. The summed E-state index contributed by atoms with van der Waals surface area (Å²) in [4.78, 5) is 112. The van der Waals surface area contributed by atoms with Crippen LogP contribution in [0.2, 0.25) is 0 Å². The van der Waals surface area contributed by atoms with Crippen molar-refractivity contribution in [2.75, 3.05) is 105 Å². The molecule has 78 heavy (non-hydrogen) atoms. The molecule has 1 radical (unpaired) electrons. The Kier molecular flexibility index (Phi) is 30.1. The van der Waals surface area contributed by atoms with Crippen molar-refractivity contribution in [2.45, 2.75) is 115 Å². The molecule has 21 heteroatoms. The Bertz CT molecular complexity index is 2310. The Hall–Kier alpha value is -4.79. The van der Waals surface area contributed by atoms with Crippen LogP contribution >= 0.6 is 0 Å². The van der Waals surface area contributed by atoms with Crippen molar-refractivity contribution < 1.29 is 98.7 Å². The van der Waals surface area contributed by atoms with Gasteiger partial charge in [0.2, 0.25) is 11.8 Å². The van der Waals surface area contributed by atoms with E-state index in [-0.39, 0.29) is 147 Å². The minimum atomic E-state index is -1.31. The molecule has 1 aromatic carbocycles. The molecular weight excluding hydrogens is 1150 g/mol. The van der Waals surface area contributed by atoms with E-state index in [4.69, 9.17) is 0 Å². The van der Waals surface area contributed by atoms with Gasteiger partial charge in [0.1, 0.15) is 11.6 Å². The number of carboxylic acid groups (broad SMARTS) is 4. The molecule has 3 aliphatic heterocycles. The number of aryl methyl sites for hydroxylation is 1. The van der Waals surface area contributed by atoms with Gasteiger partial charge in [-0.3, -0.25) is 48.6 Å². The van der Waals surface area contributed by atoms with Crippen molar-refractivity contribution >= 4 is 47.3 Å². The molecule has 0 aliphatic carbocycles. The van der Waals surface area contributed by atoms with Crippen molar-refractivity contribution in [3.8, 4) is 11.8 Å². The zero-order chi connectivity index (χ0) is 55.5. The van der Waals surface area contributed by atoms with Crippen molar-refractivity contribution in [2.24, 2.45) is 11.8 Å². The summed E-state index contributed by atoms with van der Waals surface area (Å²) < 4.78 is 0. The standard InChI is InChI=1S/C57H82N8O12.Gd/c1-42(64-31-29-62(40-56(74)75)27-25-61(39-55(72)73)26-28-63(30-32-64)41-57(76)77)50(66)16-17-52(68)60-21-5-3-2-4-7-43-9-11-44(12-10-43)13-14-46-33-49(37-59-36-46)48(35-54(70)71)34-51(67)47-8-6-24-65(38-47)53(69)18-15-45-19-22-58-23-20-45;/h9-12,33,36-37,42,45,47-48,58H,2-8,15-32,34-35,38-41H2,1H3,(H,60,68)(H,70,71)(H,72,73)(H,74,75)(H,76,77);/q;+3/p-3/t42?,47-,48+;/m1./s1. The number of piperidine rings is 2. The number of nitrogens with zero attached hydrogens (tertiary/aromatic N) is 6. The molecule has 4 heterocycles. The fraction of sp³-hybridized carbons (Fsp3) is 0.632. The predicted molar refractivity (Wildman–Crippen MR) is 280 cm³/mol. The molecule has 1 aromatic heterocycles. The van der Waals surface area contributed by atoms with Crippen LogP contribution in [0.15, 0.2) is 42.7 Å². The normalized spacial score (nSPS) is 18.4. The van der Waals surface area contributed by atoms with E-state index in [1.54, 1.807) is 34.0 Å². The van der Waals surface area contributed by atoms with Crippen LogP contribution in [0.5, 0.6) is 0 Å². The summed E-state index contributed by atoms with van der Waals surface area (Å²) in [5.74, 6) is 0.725. The van der Waals surface area contributed by atoms with Crippen LogP contribution in [0.1, 0.15) is 125 Å². The number of pyridine rings is 1. The monoisotopic (exact) mass is 1230 g/mol. The number of carbonyl (C=O) groups is 8.